The molecule has 1 saturated heterocycles. The summed E-state index contributed by atoms with van der Waals surface area (Å²) in [7, 11) is 0. The Morgan fingerprint density at radius 1 is 1.15 bits per heavy atom. The molecule has 0 spiro atoms. The maximum Gasteiger partial charge on any atom is 0.322 e. The molecule has 0 unspecified atom stereocenters. The highest BCUT2D eigenvalue weighted by Crippen LogP contribution is 2.27. The van der Waals surface area contributed by atoms with E-state index in [-0.39, 0.29) is 11.8 Å². The van der Waals surface area contributed by atoms with Gasteiger partial charge < -0.3 is 10.6 Å². The summed E-state index contributed by atoms with van der Waals surface area (Å²) in [6.45, 7) is 2.04. The maximum atomic E-state index is 12.6. The number of imide groups is 1. The topological polar surface area (TPSA) is 87.3 Å². The van der Waals surface area contributed by atoms with Gasteiger partial charge in [0.25, 0.3) is 11.8 Å². The molecule has 2 aromatic carbocycles. The fourth-order valence-electron chi connectivity index (χ4n) is 2.56. The number of halogens is 1. The third-order valence-corrected chi connectivity index (χ3v) is 5.77. The summed E-state index contributed by atoms with van der Waals surface area (Å²) in [5, 5.41) is 8.38. The lowest BCUT2D eigenvalue weighted by Gasteiger charge is -2.20. The minimum absolute atomic E-state index is 0.210. The van der Waals surface area contributed by atoms with Gasteiger partial charge in [-0.25, -0.2) is 4.79 Å². The molecule has 1 aliphatic rings. The SMILES string of the molecule is C[C@]1(CSc2ccccc2C(=O)NCc2ccc(Cl)cc2)NC(=O)NC1=O. The van der Waals surface area contributed by atoms with Crippen molar-refractivity contribution in [2.75, 3.05) is 5.75 Å². The molecule has 3 rings (SSSR count). The van der Waals surface area contributed by atoms with Crippen LogP contribution < -0.4 is 16.0 Å². The van der Waals surface area contributed by atoms with Gasteiger partial charge in [0.15, 0.2) is 0 Å². The van der Waals surface area contributed by atoms with E-state index in [0.717, 1.165) is 10.5 Å². The van der Waals surface area contributed by atoms with Crippen molar-refractivity contribution >= 4 is 41.2 Å². The zero-order valence-electron chi connectivity index (χ0n) is 14.5. The summed E-state index contributed by atoms with van der Waals surface area (Å²) < 4.78 is 0. The molecule has 0 saturated carbocycles. The zero-order chi connectivity index (χ0) is 19.4. The van der Waals surface area contributed by atoms with E-state index in [1.807, 2.05) is 24.3 Å². The Morgan fingerprint density at radius 3 is 2.52 bits per heavy atom. The molecule has 140 valence electrons. The fourth-order valence-corrected chi connectivity index (χ4v) is 3.83. The second kappa shape index (κ2) is 8.02. The van der Waals surface area contributed by atoms with E-state index >= 15 is 0 Å². The van der Waals surface area contributed by atoms with Crippen molar-refractivity contribution in [3.63, 3.8) is 0 Å². The Morgan fingerprint density at radius 2 is 1.85 bits per heavy atom. The molecule has 6 nitrogen and oxygen atoms in total. The average Bonchev–Trinajstić information content (AvgIpc) is 2.91. The molecule has 27 heavy (non-hydrogen) atoms. The van der Waals surface area contributed by atoms with Crippen molar-refractivity contribution in [1.82, 2.24) is 16.0 Å². The Balaban J connectivity index is 1.66. The lowest BCUT2D eigenvalue weighted by atomic mass is 10.1. The number of nitrogens with one attached hydrogen (secondary N) is 3. The van der Waals surface area contributed by atoms with Crippen LogP contribution >= 0.6 is 23.4 Å². The summed E-state index contributed by atoms with van der Waals surface area (Å²) in [6.07, 6.45) is 0. The number of benzene rings is 2. The number of rotatable bonds is 6. The molecule has 1 atom stereocenters. The molecule has 4 amide bonds. The van der Waals surface area contributed by atoms with Crippen LogP contribution in [0.1, 0.15) is 22.8 Å². The van der Waals surface area contributed by atoms with Crippen LogP contribution in [0, 0.1) is 0 Å². The minimum atomic E-state index is -1.01. The van der Waals surface area contributed by atoms with E-state index in [2.05, 4.69) is 16.0 Å². The zero-order valence-corrected chi connectivity index (χ0v) is 16.1. The van der Waals surface area contributed by atoms with Gasteiger partial charge in [0.1, 0.15) is 5.54 Å². The lowest BCUT2D eigenvalue weighted by molar-refractivity contribution is -0.122. The van der Waals surface area contributed by atoms with Gasteiger partial charge >= 0.3 is 6.03 Å². The van der Waals surface area contributed by atoms with Crippen molar-refractivity contribution < 1.29 is 14.4 Å². The Kier molecular flexibility index (Phi) is 5.72. The molecule has 1 aliphatic heterocycles. The molecule has 2 aromatic rings. The number of hydrogen-bond acceptors (Lipinski definition) is 4. The summed E-state index contributed by atoms with van der Waals surface area (Å²) in [6, 6.07) is 13.9. The quantitative estimate of drug-likeness (QED) is 0.511. The molecular formula is C19H18ClN3O3S. The van der Waals surface area contributed by atoms with Gasteiger partial charge in [0.05, 0.1) is 5.56 Å². The molecule has 8 heteroatoms. The van der Waals surface area contributed by atoms with Crippen LogP contribution in [0.15, 0.2) is 53.4 Å². The Hall–Kier alpha value is -2.51. The lowest BCUT2D eigenvalue weighted by Crippen LogP contribution is -2.46. The third kappa shape index (κ3) is 4.61. The number of amides is 4. The highest BCUT2D eigenvalue weighted by atomic mass is 35.5. The predicted molar refractivity (Wildman–Crippen MR) is 105 cm³/mol. The second-order valence-corrected chi connectivity index (χ2v) is 7.79. The van der Waals surface area contributed by atoms with Crippen LogP contribution in [0.25, 0.3) is 0 Å². The number of thioether (sulfide) groups is 1. The molecule has 0 bridgehead atoms. The van der Waals surface area contributed by atoms with Gasteiger partial charge in [-0.1, -0.05) is 35.9 Å². The summed E-state index contributed by atoms with van der Waals surface area (Å²) in [5.41, 5.74) is 0.454. The van der Waals surface area contributed by atoms with E-state index in [0.29, 0.717) is 22.9 Å². The monoisotopic (exact) mass is 403 g/mol. The smallest absolute Gasteiger partial charge is 0.322 e. The Labute approximate surface area is 166 Å². The van der Waals surface area contributed by atoms with E-state index in [4.69, 9.17) is 11.6 Å². The van der Waals surface area contributed by atoms with Crippen LogP contribution in [0.3, 0.4) is 0 Å². The summed E-state index contributed by atoms with van der Waals surface area (Å²) in [5.74, 6) is -0.269. The largest absolute Gasteiger partial charge is 0.348 e. The number of carbonyl (C=O) groups is 3. The first kappa shape index (κ1) is 19.3. The van der Waals surface area contributed by atoms with Crippen molar-refractivity contribution in [3.8, 4) is 0 Å². The van der Waals surface area contributed by atoms with E-state index in [1.54, 1.807) is 31.2 Å². The minimum Gasteiger partial charge on any atom is -0.348 e. The fraction of sp³-hybridized carbons (Fsp3) is 0.211. The van der Waals surface area contributed by atoms with Crippen LogP contribution in [-0.4, -0.2) is 29.1 Å². The molecule has 0 aromatic heterocycles. The standard InChI is InChI=1S/C19H18ClN3O3S/c1-19(17(25)22-18(26)23-19)11-27-15-5-3-2-4-14(15)16(24)21-10-12-6-8-13(20)9-7-12/h2-9H,10-11H2,1H3,(H,21,24)(H2,22,23,25,26)/t19-/m1/s1. The van der Waals surface area contributed by atoms with Crippen LogP contribution in [0.5, 0.6) is 0 Å². The summed E-state index contributed by atoms with van der Waals surface area (Å²) in [4.78, 5) is 36.6. The molecule has 1 fully saturated rings. The number of carbonyl (C=O) groups excluding carboxylic acids is 3. The van der Waals surface area contributed by atoms with Gasteiger partial charge in [0.2, 0.25) is 0 Å². The first-order chi connectivity index (χ1) is 12.9. The number of urea groups is 1. The molecular weight excluding hydrogens is 386 g/mol. The first-order valence-electron chi connectivity index (χ1n) is 8.25. The highest BCUT2D eigenvalue weighted by Gasteiger charge is 2.41. The maximum absolute atomic E-state index is 12.6. The van der Waals surface area contributed by atoms with Crippen molar-refractivity contribution in [3.05, 3.63) is 64.7 Å². The van der Waals surface area contributed by atoms with Gasteiger partial charge in [0, 0.05) is 22.2 Å². The van der Waals surface area contributed by atoms with Gasteiger partial charge in [-0.15, -0.1) is 11.8 Å². The highest BCUT2D eigenvalue weighted by molar-refractivity contribution is 7.99. The van der Waals surface area contributed by atoms with Crippen LogP contribution in [0.2, 0.25) is 5.02 Å². The number of hydrogen-bond donors (Lipinski definition) is 3. The van der Waals surface area contributed by atoms with E-state index in [9.17, 15) is 14.4 Å². The van der Waals surface area contributed by atoms with Gasteiger partial charge in [-0.05, 0) is 36.8 Å². The second-order valence-electron chi connectivity index (χ2n) is 6.33. The average molecular weight is 404 g/mol. The first-order valence-corrected chi connectivity index (χ1v) is 9.62. The van der Waals surface area contributed by atoms with E-state index < -0.39 is 11.6 Å². The van der Waals surface area contributed by atoms with Crippen molar-refractivity contribution in [2.24, 2.45) is 0 Å². The van der Waals surface area contributed by atoms with Crippen molar-refractivity contribution in [1.29, 1.82) is 0 Å². The molecule has 1 heterocycles. The molecule has 0 aliphatic carbocycles. The normalized spacial score (nSPS) is 18.7. The van der Waals surface area contributed by atoms with Gasteiger partial charge in [-0.3, -0.25) is 14.9 Å². The van der Waals surface area contributed by atoms with Gasteiger partial charge in [-0.2, -0.15) is 0 Å². The van der Waals surface area contributed by atoms with Crippen LogP contribution in [0.4, 0.5) is 4.79 Å². The summed E-state index contributed by atoms with van der Waals surface area (Å²) >= 11 is 7.21. The predicted octanol–water partition coefficient (Wildman–Crippen LogP) is 2.96. The third-order valence-electron chi connectivity index (χ3n) is 4.13. The Bertz CT molecular complexity index is 888. The van der Waals surface area contributed by atoms with Crippen LogP contribution in [-0.2, 0) is 11.3 Å². The van der Waals surface area contributed by atoms with Crippen molar-refractivity contribution in [2.45, 2.75) is 23.9 Å². The van der Waals surface area contributed by atoms with E-state index in [1.165, 1.54) is 11.8 Å². The molecule has 3 N–H and O–H groups in total. The molecule has 0 radical (unpaired) electrons.